The first-order valence-corrected chi connectivity index (χ1v) is 6.56. The molecule has 0 radical (unpaired) electrons. The number of rotatable bonds is 6. The highest BCUT2D eigenvalue weighted by atomic mass is 35.5. The third-order valence-corrected chi connectivity index (χ3v) is 3.23. The van der Waals surface area contributed by atoms with E-state index in [0.717, 1.165) is 5.56 Å². The van der Waals surface area contributed by atoms with E-state index in [1.165, 1.54) is 0 Å². The molecule has 1 rings (SSSR count). The van der Waals surface area contributed by atoms with Crippen LogP contribution in [-0.2, 0) is 11.2 Å². The summed E-state index contributed by atoms with van der Waals surface area (Å²) in [4.78, 5) is 11.6. The lowest BCUT2D eigenvalue weighted by Crippen LogP contribution is -2.34. The molecular weight excluding hydrogens is 250 g/mol. The lowest BCUT2D eigenvalue weighted by atomic mass is 10.1. The van der Waals surface area contributed by atoms with Crippen molar-refractivity contribution < 1.29 is 9.90 Å². The Morgan fingerprint density at radius 3 is 2.67 bits per heavy atom. The highest BCUT2D eigenvalue weighted by Crippen LogP contribution is 2.16. The predicted molar refractivity (Wildman–Crippen MR) is 73.6 cm³/mol. The number of nitrogens with one attached hydrogen (secondary N) is 1. The first-order chi connectivity index (χ1) is 8.50. The molecule has 1 unspecified atom stereocenters. The minimum Gasteiger partial charge on any atom is -0.391 e. The van der Waals surface area contributed by atoms with Gasteiger partial charge in [0.2, 0.25) is 5.91 Å². The molecular formula is C14H20ClNO2. The number of halogens is 1. The van der Waals surface area contributed by atoms with Crippen LogP contribution in [0.3, 0.4) is 0 Å². The second kappa shape index (κ2) is 7.39. The minimum absolute atomic E-state index is 0.0605. The monoisotopic (exact) mass is 269 g/mol. The Kier molecular flexibility index (Phi) is 6.16. The number of carbonyl (C=O) groups excluding carboxylic acids is 1. The summed E-state index contributed by atoms with van der Waals surface area (Å²) in [5.41, 5.74) is 0.971. The van der Waals surface area contributed by atoms with Gasteiger partial charge >= 0.3 is 0 Å². The molecule has 0 heterocycles. The van der Waals surface area contributed by atoms with E-state index in [-0.39, 0.29) is 11.8 Å². The fraction of sp³-hybridized carbons (Fsp3) is 0.500. The quantitative estimate of drug-likeness (QED) is 0.833. The van der Waals surface area contributed by atoms with E-state index < -0.39 is 6.10 Å². The van der Waals surface area contributed by atoms with Gasteiger partial charge in [0.05, 0.1) is 6.10 Å². The number of carbonyl (C=O) groups is 1. The lowest BCUT2D eigenvalue weighted by Gasteiger charge is -2.15. The van der Waals surface area contributed by atoms with Gasteiger partial charge in [0.15, 0.2) is 0 Å². The molecule has 4 heteroatoms. The number of amides is 1. The summed E-state index contributed by atoms with van der Waals surface area (Å²) >= 11 is 6.01. The molecule has 0 aromatic heterocycles. The van der Waals surface area contributed by atoms with E-state index >= 15 is 0 Å². The third kappa shape index (κ3) is 5.07. The van der Waals surface area contributed by atoms with Gasteiger partial charge in [-0.15, -0.1) is 0 Å². The molecule has 3 nitrogen and oxygen atoms in total. The number of aliphatic hydroxyl groups excluding tert-OH is 1. The zero-order chi connectivity index (χ0) is 13.5. The Bertz CT molecular complexity index is 393. The Hall–Kier alpha value is -1.06. The van der Waals surface area contributed by atoms with Gasteiger partial charge in [0, 0.05) is 18.0 Å². The van der Waals surface area contributed by atoms with Gasteiger partial charge in [-0.05, 0) is 24.0 Å². The largest absolute Gasteiger partial charge is 0.391 e. The maximum atomic E-state index is 11.6. The van der Waals surface area contributed by atoms with Crippen LogP contribution in [0.4, 0.5) is 0 Å². The van der Waals surface area contributed by atoms with Crippen LogP contribution < -0.4 is 5.32 Å². The predicted octanol–water partition coefficient (Wildman–Crippen LogP) is 2.41. The molecule has 18 heavy (non-hydrogen) atoms. The lowest BCUT2D eigenvalue weighted by molar-refractivity contribution is -0.121. The summed E-state index contributed by atoms with van der Waals surface area (Å²) in [6.07, 6.45) is 0.506. The van der Waals surface area contributed by atoms with Gasteiger partial charge in [-0.3, -0.25) is 4.79 Å². The van der Waals surface area contributed by atoms with E-state index in [0.29, 0.717) is 24.4 Å². The first-order valence-electron chi connectivity index (χ1n) is 6.19. The molecule has 0 bridgehead atoms. The summed E-state index contributed by atoms with van der Waals surface area (Å²) in [6, 6.07) is 7.50. The Morgan fingerprint density at radius 2 is 2.06 bits per heavy atom. The molecule has 0 fully saturated rings. The summed E-state index contributed by atoms with van der Waals surface area (Å²) in [7, 11) is 0. The molecule has 0 aliphatic heterocycles. The van der Waals surface area contributed by atoms with Crippen molar-refractivity contribution in [2.24, 2.45) is 5.92 Å². The Morgan fingerprint density at radius 1 is 1.39 bits per heavy atom. The summed E-state index contributed by atoms with van der Waals surface area (Å²) in [6.45, 7) is 4.14. The van der Waals surface area contributed by atoms with Crippen LogP contribution in [-0.4, -0.2) is 23.7 Å². The summed E-state index contributed by atoms with van der Waals surface area (Å²) < 4.78 is 0. The second-order valence-corrected chi connectivity index (χ2v) is 5.11. The van der Waals surface area contributed by atoms with E-state index in [9.17, 15) is 9.90 Å². The first kappa shape index (κ1) is 15.0. The zero-order valence-corrected chi connectivity index (χ0v) is 11.6. The Balaban J connectivity index is 2.32. The molecule has 0 aliphatic rings. The highest BCUT2D eigenvalue weighted by Gasteiger charge is 2.11. The van der Waals surface area contributed by atoms with Crippen molar-refractivity contribution >= 4 is 17.5 Å². The second-order valence-electron chi connectivity index (χ2n) is 4.71. The smallest absolute Gasteiger partial charge is 0.220 e. The van der Waals surface area contributed by atoms with Crippen molar-refractivity contribution in [3.8, 4) is 0 Å². The van der Waals surface area contributed by atoms with Gasteiger partial charge in [-0.1, -0.05) is 43.6 Å². The fourth-order valence-electron chi connectivity index (χ4n) is 1.49. The number of aliphatic hydroxyl groups is 1. The summed E-state index contributed by atoms with van der Waals surface area (Å²) in [5, 5.41) is 13.0. The van der Waals surface area contributed by atoms with Gasteiger partial charge in [0.1, 0.15) is 0 Å². The van der Waals surface area contributed by atoms with Gasteiger partial charge in [-0.25, -0.2) is 0 Å². The van der Waals surface area contributed by atoms with Crippen LogP contribution >= 0.6 is 11.6 Å². The molecule has 1 aromatic carbocycles. The molecule has 1 atom stereocenters. The topological polar surface area (TPSA) is 49.3 Å². The van der Waals surface area contributed by atoms with Crippen LogP contribution in [0.1, 0.15) is 25.8 Å². The van der Waals surface area contributed by atoms with Gasteiger partial charge in [-0.2, -0.15) is 0 Å². The standard InChI is InChI=1S/C14H20ClNO2/c1-10(2)13(17)9-16-14(18)8-7-11-5-3-4-6-12(11)15/h3-6,10,13,17H,7-9H2,1-2H3,(H,16,18). The average molecular weight is 270 g/mol. The maximum Gasteiger partial charge on any atom is 0.220 e. The number of aryl methyl sites for hydroxylation is 1. The minimum atomic E-state index is -0.491. The van der Waals surface area contributed by atoms with E-state index in [2.05, 4.69) is 5.32 Å². The molecule has 1 amide bonds. The molecule has 2 N–H and O–H groups in total. The zero-order valence-electron chi connectivity index (χ0n) is 10.8. The van der Waals surface area contributed by atoms with E-state index in [1.54, 1.807) is 0 Å². The molecule has 0 aliphatic carbocycles. The van der Waals surface area contributed by atoms with Crippen molar-refractivity contribution in [2.75, 3.05) is 6.54 Å². The molecule has 0 spiro atoms. The van der Waals surface area contributed by atoms with Crippen molar-refractivity contribution in [1.29, 1.82) is 0 Å². The van der Waals surface area contributed by atoms with Crippen molar-refractivity contribution in [3.05, 3.63) is 34.9 Å². The van der Waals surface area contributed by atoms with Gasteiger partial charge in [0.25, 0.3) is 0 Å². The van der Waals surface area contributed by atoms with E-state index in [4.69, 9.17) is 11.6 Å². The molecule has 100 valence electrons. The van der Waals surface area contributed by atoms with Crippen LogP contribution in [0.25, 0.3) is 0 Å². The number of benzene rings is 1. The Labute approximate surface area is 113 Å². The van der Waals surface area contributed by atoms with Crippen molar-refractivity contribution in [1.82, 2.24) is 5.32 Å². The number of hydrogen-bond donors (Lipinski definition) is 2. The molecule has 0 saturated heterocycles. The van der Waals surface area contributed by atoms with Crippen molar-refractivity contribution in [3.63, 3.8) is 0 Å². The van der Waals surface area contributed by atoms with E-state index in [1.807, 2.05) is 38.1 Å². The number of hydrogen-bond acceptors (Lipinski definition) is 2. The van der Waals surface area contributed by atoms with Crippen molar-refractivity contribution in [2.45, 2.75) is 32.8 Å². The third-order valence-electron chi connectivity index (χ3n) is 2.86. The highest BCUT2D eigenvalue weighted by molar-refractivity contribution is 6.31. The van der Waals surface area contributed by atoms with Crippen LogP contribution in [0.15, 0.2) is 24.3 Å². The fourth-order valence-corrected chi connectivity index (χ4v) is 1.72. The van der Waals surface area contributed by atoms with Crippen LogP contribution in [0.5, 0.6) is 0 Å². The van der Waals surface area contributed by atoms with Crippen LogP contribution in [0.2, 0.25) is 5.02 Å². The average Bonchev–Trinajstić information content (AvgIpc) is 2.34. The molecule has 0 saturated carbocycles. The maximum absolute atomic E-state index is 11.6. The SMILES string of the molecule is CC(C)C(O)CNC(=O)CCc1ccccc1Cl. The van der Waals surface area contributed by atoms with Gasteiger partial charge < -0.3 is 10.4 Å². The van der Waals surface area contributed by atoms with Crippen LogP contribution in [0, 0.1) is 5.92 Å². The normalized spacial score (nSPS) is 12.5. The summed E-state index contributed by atoms with van der Waals surface area (Å²) in [5.74, 6) is 0.0866. The molecule has 1 aromatic rings.